The fraction of sp³-hybridized carbons (Fsp3) is 0.562. The Hall–Kier alpha value is -1.11. The Bertz CT molecular complexity index is 423. The molecule has 1 heteroatoms. The monoisotopic (exact) mass is 230 g/mol. The van der Waals surface area contributed by atoms with E-state index in [-0.39, 0.29) is 16.7 Å². The Kier molecular flexibility index (Phi) is 2.68. The summed E-state index contributed by atoms with van der Waals surface area (Å²) in [6.07, 6.45) is 0.581. The molecule has 0 bridgehead atoms. The predicted octanol–water partition coefficient (Wildman–Crippen LogP) is 3.79. The summed E-state index contributed by atoms with van der Waals surface area (Å²) in [5.74, 6) is 0.611. The van der Waals surface area contributed by atoms with Crippen molar-refractivity contribution in [3.8, 4) is 0 Å². The van der Waals surface area contributed by atoms with E-state index in [1.165, 1.54) is 5.56 Å². The largest absolute Gasteiger partial charge is 0.299 e. The van der Waals surface area contributed by atoms with Crippen LogP contribution in [0.5, 0.6) is 0 Å². The molecule has 0 spiro atoms. The summed E-state index contributed by atoms with van der Waals surface area (Å²) in [6.45, 7) is 10.9. The molecule has 0 atom stereocenters. The number of carbonyl (C=O) groups is 1. The summed E-state index contributed by atoms with van der Waals surface area (Å²) < 4.78 is 0. The van der Waals surface area contributed by atoms with Crippen LogP contribution in [0.15, 0.2) is 24.3 Å². The molecule has 1 aliphatic carbocycles. The zero-order valence-electron chi connectivity index (χ0n) is 11.5. The SMILES string of the molecule is Cc1ccc(CC(=O)C2C(C)(C)C2(C)C)cc1. The van der Waals surface area contributed by atoms with Gasteiger partial charge in [0, 0.05) is 12.3 Å². The van der Waals surface area contributed by atoms with Gasteiger partial charge in [-0.15, -0.1) is 0 Å². The van der Waals surface area contributed by atoms with Crippen LogP contribution in [0.4, 0.5) is 0 Å². The van der Waals surface area contributed by atoms with Crippen LogP contribution in [-0.4, -0.2) is 5.78 Å². The van der Waals surface area contributed by atoms with Crippen LogP contribution in [-0.2, 0) is 11.2 Å². The standard InChI is InChI=1S/C16H22O/c1-11-6-8-12(9-7-11)10-13(17)14-15(2,3)16(14,4)5/h6-9,14H,10H2,1-5H3. The molecule has 1 aliphatic rings. The lowest BCUT2D eigenvalue weighted by atomic mass is 10.0. The molecular weight excluding hydrogens is 208 g/mol. The van der Waals surface area contributed by atoms with Crippen molar-refractivity contribution in [3.63, 3.8) is 0 Å². The Morgan fingerprint density at radius 3 is 1.94 bits per heavy atom. The lowest BCUT2D eigenvalue weighted by Crippen LogP contribution is -2.10. The fourth-order valence-electron chi connectivity index (χ4n) is 3.01. The highest BCUT2D eigenvalue weighted by atomic mass is 16.1. The first-order valence-corrected chi connectivity index (χ1v) is 6.35. The van der Waals surface area contributed by atoms with Gasteiger partial charge in [0.15, 0.2) is 0 Å². The molecule has 1 aromatic carbocycles. The van der Waals surface area contributed by atoms with E-state index in [4.69, 9.17) is 0 Å². The Balaban J connectivity index is 2.07. The van der Waals surface area contributed by atoms with Crippen molar-refractivity contribution < 1.29 is 4.79 Å². The molecule has 1 saturated carbocycles. The summed E-state index contributed by atoms with van der Waals surface area (Å²) >= 11 is 0. The third kappa shape index (κ3) is 1.92. The van der Waals surface area contributed by atoms with Crippen LogP contribution >= 0.6 is 0 Å². The van der Waals surface area contributed by atoms with E-state index in [0.29, 0.717) is 12.2 Å². The Labute approximate surface area is 104 Å². The van der Waals surface area contributed by atoms with Crippen molar-refractivity contribution in [1.29, 1.82) is 0 Å². The highest BCUT2D eigenvalue weighted by Gasteiger charge is 2.67. The van der Waals surface area contributed by atoms with Gasteiger partial charge >= 0.3 is 0 Å². The maximum atomic E-state index is 12.3. The van der Waals surface area contributed by atoms with Crippen molar-refractivity contribution in [2.75, 3.05) is 0 Å². The number of carbonyl (C=O) groups excluding carboxylic acids is 1. The van der Waals surface area contributed by atoms with E-state index in [1.54, 1.807) is 0 Å². The lowest BCUT2D eigenvalue weighted by molar-refractivity contribution is -0.120. The minimum Gasteiger partial charge on any atom is -0.299 e. The number of ketones is 1. The minimum absolute atomic E-state index is 0.161. The highest BCUT2D eigenvalue weighted by Crippen LogP contribution is 2.68. The molecule has 0 N–H and O–H groups in total. The summed E-state index contributed by atoms with van der Waals surface area (Å²) in [6, 6.07) is 8.28. The van der Waals surface area contributed by atoms with Gasteiger partial charge in [-0.3, -0.25) is 4.79 Å². The first-order valence-electron chi connectivity index (χ1n) is 6.35. The topological polar surface area (TPSA) is 17.1 Å². The molecule has 92 valence electrons. The zero-order valence-corrected chi connectivity index (χ0v) is 11.5. The summed E-state index contributed by atoms with van der Waals surface area (Å²) in [5.41, 5.74) is 2.70. The second kappa shape index (κ2) is 3.69. The van der Waals surface area contributed by atoms with Crippen molar-refractivity contribution in [3.05, 3.63) is 35.4 Å². The van der Waals surface area contributed by atoms with E-state index in [0.717, 1.165) is 5.56 Å². The fourth-order valence-corrected chi connectivity index (χ4v) is 3.01. The van der Waals surface area contributed by atoms with Crippen LogP contribution in [0.3, 0.4) is 0 Å². The van der Waals surface area contributed by atoms with E-state index in [1.807, 2.05) is 0 Å². The first kappa shape index (κ1) is 12.3. The summed E-state index contributed by atoms with van der Waals surface area (Å²) in [4.78, 5) is 12.3. The van der Waals surface area contributed by atoms with E-state index < -0.39 is 0 Å². The van der Waals surface area contributed by atoms with Crippen LogP contribution < -0.4 is 0 Å². The van der Waals surface area contributed by atoms with Crippen LogP contribution in [0.25, 0.3) is 0 Å². The van der Waals surface area contributed by atoms with Gasteiger partial charge in [-0.2, -0.15) is 0 Å². The van der Waals surface area contributed by atoms with Gasteiger partial charge in [0.2, 0.25) is 0 Å². The van der Waals surface area contributed by atoms with Crippen molar-refractivity contribution in [2.24, 2.45) is 16.7 Å². The molecule has 0 aromatic heterocycles. The highest BCUT2D eigenvalue weighted by molar-refractivity contribution is 5.88. The first-order chi connectivity index (χ1) is 7.76. The molecule has 1 nitrogen and oxygen atoms in total. The molecule has 2 rings (SSSR count). The zero-order chi connectivity index (χ0) is 12.8. The van der Waals surface area contributed by atoms with Gasteiger partial charge in [0.05, 0.1) is 0 Å². The molecule has 17 heavy (non-hydrogen) atoms. The maximum Gasteiger partial charge on any atom is 0.141 e. The molecule has 1 fully saturated rings. The molecule has 0 amide bonds. The van der Waals surface area contributed by atoms with Crippen molar-refractivity contribution in [2.45, 2.75) is 41.0 Å². The van der Waals surface area contributed by atoms with Crippen LogP contribution in [0, 0.1) is 23.7 Å². The van der Waals surface area contributed by atoms with Crippen LogP contribution in [0.1, 0.15) is 38.8 Å². The number of Topliss-reactive ketones (excluding diaryl/α,β-unsaturated/α-hetero) is 1. The molecule has 1 aromatic rings. The van der Waals surface area contributed by atoms with Crippen LogP contribution in [0.2, 0.25) is 0 Å². The summed E-state index contributed by atoms with van der Waals surface area (Å²) in [5, 5.41) is 0. The number of aryl methyl sites for hydroxylation is 1. The van der Waals surface area contributed by atoms with Gasteiger partial charge in [-0.1, -0.05) is 57.5 Å². The number of rotatable bonds is 3. The third-order valence-corrected chi connectivity index (χ3v) is 4.84. The normalized spacial score (nSPS) is 21.2. The Morgan fingerprint density at radius 1 is 1.06 bits per heavy atom. The van der Waals surface area contributed by atoms with E-state index in [9.17, 15) is 4.79 Å². The van der Waals surface area contributed by atoms with Crippen molar-refractivity contribution in [1.82, 2.24) is 0 Å². The quantitative estimate of drug-likeness (QED) is 0.772. The number of benzene rings is 1. The third-order valence-electron chi connectivity index (χ3n) is 4.84. The predicted molar refractivity (Wildman–Crippen MR) is 70.9 cm³/mol. The second-order valence-corrected chi connectivity index (χ2v) is 6.51. The van der Waals surface area contributed by atoms with Gasteiger partial charge in [0.1, 0.15) is 5.78 Å². The molecule has 0 heterocycles. The molecule has 0 saturated heterocycles. The van der Waals surface area contributed by atoms with Gasteiger partial charge in [0.25, 0.3) is 0 Å². The van der Waals surface area contributed by atoms with Crippen molar-refractivity contribution >= 4 is 5.78 Å². The maximum absolute atomic E-state index is 12.3. The summed E-state index contributed by atoms with van der Waals surface area (Å²) in [7, 11) is 0. The Morgan fingerprint density at radius 2 is 1.53 bits per heavy atom. The van der Waals surface area contributed by atoms with Gasteiger partial charge in [-0.25, -0.2) is 0 Å². The van der Waals surface area contributed by atoms with Gasteiger partial charge in [-0.05, 0) is 23.3 Å². The number of hydrogen-bond acceptors (Lipinski definition) is 1. The smallest absolute Gasteiger partial charge is 0.141 e. The number of hydrogen-bond donors (Lipinski definition) is 0. The average molecular weight is 230 g/mol. The molecule has 0 radical (unpaired) electrons. The van der Waals surface area contributed by atoms with E-state index >= 15 is 0 Å². The lowest BCUT2D eigenvalue weighted by Gasteiger charge is -2.03. The molecule has 0 aliphatic heterocycles. The van der Waals surface area contributed by atoms with Gasteiger partial charge < -0.3 is 0 Å². The second-order valence-electron chi connectivity index (χ2n) is 6.51. The van der Waals surface area contributed by atoms with E-state index in [2.05, 4.69) is 58.9 Å². The molecule has 0 unspecified atom stereocenters. The minimum atomic E-state index is 0.161. The molecular formula is C16H22O. The average Bonchev–Trinajstić information content (AvgIpc) is 2.61.